The number of hydrogen-bond donors (Lipinski definition) is 1. The third kappa shape index (κ3) is 4.00. The van der Waals surface area contributed by atoms with Crippen molar-refractivity contribution in [2.45, 2.75) is 19.5 Å². The van der Waals surface area contributed by atoms with Crippen molar-refractivity contribution in [2.24, 2.45) is 0 Å². The number of hydrogen-bond acceptors (Lipinski definition) is 4. The van der Waals surface area contributed by atoms with E-state index in [2.05, 4.69) is 15.5 Å². The molecule has 0 radical (unpaired) electrons. The van der Waals surface area contributed by atoms with Crippen molar-refractivity contribution >= 4 is 11.6 Å². The molecule has 1 rings (SSSR count). The van der Waals surface area contributed by atoms with Gasteiger partial charge in [0, 0.05) is 19.7 Å². The molecule has 4 nitrogen and oxygen atoms in total. The van der Waals surface area contributed by atoms with Gasteiger partial charge in [0.25, 0.3) is 0 Å². The van der Waals surface area contributed by atoms with E-state index in [0.717, 1.165) is 5.69 Å². The van der Waals surface area contributed by atoms with Gasteiger partial charge in [-0.15, -0.1) is 5.10 Å². The van der Waals surface area contributed by atoms with Crippen LogP contribution in [0, 0.1) is 0 Å². The molecule has 1 atom stereocenters. The zero-order valence-electron chi connectivity index (χ0n) is 8.33. The number of ether oxygens (including phenoxy) is 1. The Bertz CT molecular complexity index is 265. The lowest BCUT2D eigenvalue weighted by atomic mass is 10.3. The third-order valence-corrected chi connectivity index (χ3v) is 1.94. The van der Waals surface area contributed by atoms with Gasteiger partial charge in [0.15, 0.2) is 5.15 Å². The van der Waals surface area contributed by atoms with Crippen molar-refractivity contribution in [1.29, 1.82) is 0 Å². The molecule has 0 aliphatic heterocycles. The molecule has 14 heavy (non-hydrogen) atoms. The molecule has 1 aromatic heterocycles. The molecule has 0 aliphatic rings. The summed E-state index contributed by atoms with van der Waals surface area (Å²) < 4.78 is 4.99. The number of aromatic nitrogens is 2. The Kier molecular flexibility index (Phi) is 4.79. The zero-order chi connectivity index (χ0) is 10.4. The molecular formula is C9H14ClN3O. The van der Waals surface area contributed by atoms with E-state index in [4.69, 9.17) is 16.3 Å². The van der Waals surface area contributed by atoms with Crippen molar-refractivity contribution < 1.29 is 4.74 Å². The fraction of sp³-hybridized carbons (Fsp3) is 0.556. The van der Waals surface area contributed by atoms with Gasteiger partial charge in [-0.05, 0) is 19.1 Å². The molecule has 0 saturated heterocycles. The smallest absolute Gasteiger partial charge is 0.151 e. The van der Waals surface area contributed by atoms with Crippen LogP contribution in [0.3, 0.4) is 0 Å². The fourth-order valence-electron chi connectivity index (χ4n) is 1.03. The summed E-state index contributed by atoms with van der Waals surface area (Å²) in [5, 5.41) is 11.3. The molecule has 0 spiro atoms. The van der Waals surface area contributed by atoms with Crippen molar-refractivity contribution in [3.8, 4) is 0 Å². The summed E-state index contributed by atoms with van der Waals surface area (Å²) in [5.41, 5.74) is 0.873. The van der Waals surface area contributed by atoms with Crippen LogP contribution in [-0.4, -0.2) is 30.0 Å². The first kappa shape index (κ1) is 11.4. The molecule has 0 saturated carbocycles. The quantitative estimate of drug-likeness (QED) is 0.803. The van der Waals surface area contributed by atoms with E-state index in [1.807, 2.05) is 13.0 Å². The van der Waals surface area contributed by atoms with Gasteiger partial charge in [0.2, 0.25) is 0 Å². The monoisotopic (exact) mass is 215 g/mol. The van der Waals surface area contributed by atoms with Crippen molar-refractivity contribution in [1.82, 2.24) is 15.5 Å². The lowest BCUT2D eigenvalue weighted by molar-refractivity contribution is 0.171. The van der Waals surface area contributed by atoms with Crippen LogP contribution in [0.4, 0.5) is 0 Å². The molecule has 0 amide bonds. The van der Waals surface area contributed by atoms with Gasteiger partial charge in [-0.1, -0.05) is 11.6 Å². The van der Waals surface area contributed by atoms with Gasteiger partial charge in [0.1, 0.15) is 0 Å². The summed E-state index contributed by atoms with van der Waals surface area (Å²) in [6.07, 6.45) is 0. The summed E-state index contributed by atoms with van der Waals surface area (Å²) in [4.78, 5) is 0. The van der Waals surface area contributed by atoms with Gasteiger partial charge >= 0.3 is 0 Å². The van der Waals surface area contributed by atoms with Crippen molar-refractivity contribution in [2.75, 3.05) is 13.7 Å². The maximum atomic E-state index is 5.61. The first-order chi connectivity index (χ1) is 6.72. The Morgan fingerprint density at radius 2 is 2.29 bits per heavy atom. The second-order valence-electron chi connectivity index (χ2n) is 3.08. The average molecular weight is 216 g/mol. The highest BCUT2D eigenvalue weighted by atomic mass is 35.5. The maximum absolute atomic E-state index is 5.61. The van der Waals surface area contributed by atoms with Crippen LogP contribution in [-0.2, 0) is 11.3 Å². The fourth-order valence-corrected chi connectivity index (χ4v) is 1.13. The molecule has 1 N–H and O–H groups in total. The SMILES string of the molecule is COC[C@@H](C)NCc1ccc(Cl)nn1. The van der Waals surface area contributed by atoms with Crippen LogP contribution in [0.1, 0.15) is 12.6 Å². The summed E-state index contributed by atoms with van der Waals surface area (Å²) in [6.45, 7) is 3.41. The van der Waals surface area contributed by atoms with E-state index in [1.165, 1.54) is 0 Å². The van der Waals surface area contributed by atoms with E-state index in [0.29, 0.717) is 24.3 Å². The van der Waals surface area contributed by atoms with Crippen LogP contribution >= 0.6 is 11.6 Å². The second kappa shape index (κ2) is 5.90. The topological polar surface area (TPSA) is 47.0 Å². The standard InChI is InChI=1S/C9H14ClN3O/c1-7(6-14-2)11-5-8-3-4-9(10)13-12-8/h3-4,7,11H,5-6H2,1-2H3/t7-/m1/s1. The number of nitrogens with zero attached hydrogens (tertiary/aromatic N) is 2. The van der Waals surface area contributed by atoms with Crippen LogP contribution < -0.4 is 5.32 Å². The summed E-state index contributed by atoms with van der Waals surface area (Å²) in [7, 11) is 1.68. The van der Waals surface area contributed by atoms with E-state index in [-0.39, 0.29) is 0 Å². The van der Waals surface area contributed by atoms with Crippen molar-refractivity contribution in [3.63, 3.8) is 0 Å². The lowest BCUT2D eigenvalue weighted by Crippen LogP contribution is -2.29. The molecule has 0 unspecified atom stereocenters. The highest BCUT2D eigenvalue weighted by Crippen LogP contribution is 2.01. The Labute approximate surface area is 88.6 Å². The van der Waals surface area contributed by atoms with Crippen LogP contribution in [0.25, 0.3) is 0 Å². The molecule has 0 aromatic carbocycles. The van der Waals surface area contributed by atoms with E-state index < -0.39 is 0 Å². The normalized spacial score (nSPS) is 12.8. The number of methoxy groups -OCH3 is 1. The molecule has 0 bridgehead atoms. The van der Waals surface area contributed by atoms with Crippen LogP contribution in [0.15, 0.2) is 12.1 Å². The van der Waals surface area contributed by atoms with Gasteiger partial charge in [0.05, 0.1) is 12.3 Å². The number of halogens is 1. The van der Waals surface area contributed by atoms with Crippen LogP contribution in [0.2, 0.25) is 5.15 Å². The zero-order valence-corrected chi connectivity index (χ0v) is 9.08. The highest BCUT2D eigenvalue weighted by molar-refractivity contribution is 6.29. The molecule has 78 valence electrons. The van der Waals surface area contributed by atoms with E-state index >= 15 is 0 Å². The predicted molar refractivity (Wildman–Crippen MR) is 55.2 cm³/mol. The molecule has 5 heteroatoms. The predicted octanol–water partition coefficient (Wildman–Crippen LogP) is 1.25. The minimum absolute atomic E-state index is 0.303. The molecule has 1 heterocycles. The number of rotatable bonds is 5. The lowest BCUT2D eigenvalue weighted by Gasteiger charge is -2.11. The summed E-state index contributed by atoms with van der Waals surface area (Å²) in [6, 6.07) is 3.88. The third-order valence-electron chi connectivity index (χ3n) is 1.74. The first-order valence-corrected chi connectivity index (χ1v) is 4.80. The molecule has 0 aliphatic carbocycles. The minimum atomic E-state index is 0.303. The van der Waals surface area contributed by atoms with Crippen molar-refractivity contribution in [3.05, 3.63) is 23.0 Å². The minimum Gasteiger partial charge on any atom is -0.383 e. The summed E-state index contributed by atoms with van der Waals surface area (Å²) >= 11 is 5.61. The number of nitrogens with one attached hydrogen (secondary N) is 1. The Hall–Kier alpha value is -0.710. The summed E-state index contributed by atoms with van der Waals surface area (Å²) in [5.74, 6) is 0. The second-order valence-corrected chi connectivity index (χ2v) is 3.47. The first-order valence-electron chi connectivity index (χ1n) is 4.43. The van der Waals surface area contributed by atoms with Gasteiger partial charge in [-0.2, -0.15) is 5.10 Å². The van der Waals surface area contributed by atoms with Crippen LogP contribution in [0.5, 0.6) is 0 Å². The Balaban J connectivity index is 2.34. The molecule has 1 aromatic rings. The maximum Gasteiger partial charge on any atom is 0.151 e. The van der Waals surface area contributed by atoms with Gasteiger partial charge in [-0.25, -0.2) is 0 Å². The molecule has 0 fully saturated rings. The average Bonchev–Trinajstić information content (AvgIpc) is 2.17. The van der Waals surface area contributed by atoms with E-state index in [1.54, 1.807) is 13.2 Å². The van der Waals surface area contributed by atoms with Gasteiger partial charge < -0.3 is 10.1 Å². The Morgan fingerprint density at radius 3 is 2.86 bits per heavy atom. The van der Waals surface area contributed by atoms with E-state index in [9.17, 15) is 0 Å². The molecular weight excluding hydrogens is 202 g/mol. The Morgan fingerprint density at radius 1 is 1.50 bits per heavy atom. The highest BCUT2D eigenvalue weighted by Gasteiger charge is 2.01. The largest absolute Gasteiger partial charge is 0.383 e. The van der Waals surface area contributed by atoms with Gasteiger partial charge in [-0.3, -0.25) is 0 Å².